The van der Waals surface area contributed by atoms with E-state index >= 15 is 0 Å². The summed E-state index contributed by atoms with van der Waals surface area (Å²) in [5, 5.41) is 12.5. The molecular formula is C14H10BrClFNO2. The van der Waals surface area contributed by atoms with Gasteiger partial charge in [-0.05, 0) is 52.7 Å². The summed E-state index contributed by atoms with van der Waals surface area (Å²) >= 11 is 9.27. The maximum atomic E-state index is 13.6. The Morgan fingerprint density at radius 2 is 2.10 bits per heavy atom. The van der Waals surface area contributed by atoms with E-state index in [4.69, 9.17) is 11.6 Å². The summed E-state index contributed by atoms with van der Waals surface area (Å²) in [6.45, 7) is 1.82. The molecule has 0 radical (unpaired) electrons. The molecule has 6 heteroatoms. The number of halogens is 3. The lowest BCUT2D eigenvalue weighted by atomic mass is 10.1. The monoisotopic (exact) mass is 357 g/mol. The number of benzene rings is 2. The predicted molar refractivity (Wildman–Crippen MR) is 79.9 cm³/mol. The van der Waals surface area contributed by atoms with Gasteiger partial charge in [0, 0.05) is 9.50 Å². The van der Waals surface area contributed by atoms with Crippen molar-refractivity contribution < 1.29 is 14.3 Å². The van der Waals surface area contributed by atoms with Gasteiger partial charge in [-0.1, -0.05) is 17.7 Å². The number of carbonyl (C=O) groups is 1. The number of hydrogen-bond donors (Lipinski definition) is 2. The zero-order valence-corrected chi connectivity index (χ0v) is 12.7. The molecule has 0 aliphatic rings. The SMILES string of the molecule is Cc1cc(Br)c(NC(=O)c2c(O)cccc2F)cc1Cl. The maximum absolute atomic E-state index is 13.6. The Labute approximate surface area is 128 Å². The van der Waals surface area contributed by atoms with Crippen LogP contribution in [0.2, 0.25) is 5.02 Å². The molecule has 2 N–H and O–H groups in total. The van der Waals surface area contributed by atoms with E-state index in [0.29, 0.717) is 15.2 Å². The van der Waals surface area contributed by atoms with Gasteiger partial charge in [0.15, 0.2) is 0 Å². The molecule has 20 heavy (non-hydrogen) atoms. The highest BCUT2D eigenvalue weighted by atomic mass is 79.9. The van der Waals surface area contributed by atoms with Gasteiger partial charge in [-0.25, -0.2) is 4.39 Å². The van der Waals surface area contributed by atoms with Crippen molar-refractivity contribution in [2.24, 2.45) is 0 Å². The fourth-order valence-electron chi connectivity index (χ4n) is 1.66. The van der Waals surface area contributed by atoms with Crippen molar-refractivity contribution in [3.05, 3.63) is 56.8 Å². The average molecular weight is 359 g/mol. The first-order valence-corrected chi connectivity index (χ1v) is 6.81. The molecule has 0 bridgehead atoms. The van der Waals surface area contributed by atoms with Crippen molar-refractivity contribution in [3.63, 3.8) is 0 Å². The lowest BCUT2D eigenvalue weighted by molar-refractivity contribution is 0.102. The third-order valence-corrected chi connectivity index (χ3v) is 3.78. The van der Waals surface area contributed by atoms with E-state index in [-0.39, 0.29) is 0 Å². The summed E-state index contributed by atoms with van der Waals surface area (Å²) in [7, 11) is 0. The molecule has 0 atom stereocenters. The Morgan fingerprint density at radius 1 is 1.40 bits per heavy atom. The first-order chi connectivity index (χ1) is 9.40. The average Bonchev–Trinajstić information content (AvgIpc) is 2.35. The molecule has 0 unspecified atom stereocenters. The third-order valence-electron chi connectivity index (χ3n) is 2.72. The molecule has 0 aliphatic heterocycles. The zero-order valence-electron chi connectivity index (χ0n) is 10.4. The van der Waals surface area contributed by atoms with E-state index < -0.39 is 23.0 Å². The molecule has 3 nitrogen and oxygen atoms in total. The summed E-state index contributed by atoms with van der Waals surface area (Å²) < 4.78 is 14.2. The number of carbonyl (C=O) groups excluding carboxylic acids is 1. The topological polar surface area (TPSA) is 49.3 Å². The van der Waals surface area contributed by atoms with Crippen molar-refractivity contribution >= 4 is 39.1 Å². The highest BCUT2D eigenvalue weighted by Crippen LogP contribution is 2.30. The van der Waals surface area contributed by atoms with E-state index in [1.165, 1.54) is 12.1 Å². The fraction of sp³-hybridized carbons (Fsp3) is 0.0714. The van der Waals surface area contributed by atoms with Crippen LogP contribution in [0.4, 0.5) is 10.1 Å². The van der Waals surface area contributed by atoms with Crippen molar-refractivity contribution in [1.29, 1.82) is 0 Å². The van der Waals surface area contributed by atoms with Crippen molar-refractivity contribution in [3.8, 4) is 5.75 Å². The Kier molecular flexibility index (Phi) is 4.30. The Morgan fingerprint density at radius 3 is 2.75 bits per heavy atom. The third kappa shape index (κ3) is 2.94. The van der Waals surface area contributed by atoms with Gasteiger partial charge in [0.05, 0.1) is 5.69 Å². The second-order valence-electron chi connectivity index (χ2n) is 4.17. The summed E-state index contributed by atoms with van der Waals surface area (Å²) in [5.74, 6) is -1.96. The van der Waals surface area contributed by atoms with E-state index in [1.807, 2.05) is 6.92 Å². The van der Waals surface area contributed by atoms with Crippen LogP contribution in [0.1, 0.15) is 15.9 Å². The van der Waals surface area contributed by atoms with E-state index in [2.05, 4.69) is 21.2 Å². The summed E-state index contributed by atoms with van der Waals surface area (Å²) in [6, 6.07) is 6.96. The number of phenolic OH excluding ortho intramolecular Hbond substituents is 1. The number of nitrogens with one attached hydrogen (secondary N) is 1. The van der Waals surface area contributed by atoms with Crippen molar-refractivity contribution in [2.45, 2.75) is 6.92 Å². The first kappa shape index (κ1) is 14.8. The van der Waals surface area contributed by atoms with Gasteiger partial charge in [0.1, 0.15) is 17.1 Å². The zero-order chi connectivity index (χ0) is 14.9. The minimum absolute atomic E-state index is 0.397. The van der Waals surface area contributed by atoms with Gasteiger partial charge < -0.3 is 10.4 Å². The maximum Gasteiger partial charge on any atom is 0.262 e. The molecule has 104 valence electrons. The van der Waals surface area contributed by atoms with Crippen LogP contribution in [0.25, 0.3) is 0 Å². The molecule has 1 amide bonds. The Hall–Kier alpha value is -1.59. The number of hydrogen-bond acceptors (Lipinski definition) is 2. The Bertz CT molecular complexity index is 671. The quantitative estimate of drug-likeness (QED) is 0.830. The van der Waals surface area contributed by atoms with Crippen LogP contribution in [-0.2, 0) is 0 Å². The number of anilines is 1. The lowest BCUT2D eigenvalue weighted by Crippen LogP contribution is -2.14. The number of aryl methyl sites for hydroxylation is 1. The smallest absolute Gasteiger partial charge is 0.262 e. The largest absolute Gasteiger partial charge is 0.507 e. The molecule has 0 saturated heterocycles. The Balaban J connectivity index is 2.35. The number of aromatic hydroxyl groups is 1. The molecule has 0 spiro atoms. The van der Waals surface area contributed by atoms with Crippen LogP contribution >= 0.6 is 27.5 Å². The molecule has 0 fully saturated rings. The second-order valence-corrected chi connectivity index (χ2v) is 5.43. The van der Waals surface area contributed by atoms with Gasteiger partial charge in [0.25, 0.3) is 5.91 Å². The lowest BCUT2D eigenvalue weighted by Gasteiger charge is -2.11. The first-order valence-electron chi connectivity index (χ1n) is 5.64. The second kappa shape index (κ2) is 5.81. The van der Waals surface area contributed by atoms with Crippen molar-refractivity contribution in [2.75, 3.05) is 5.32 Å². The van der Waals surface area contributed by atoms with Gasteiger partial charge in [-0.15, -0.1) is 0 Å². The molecule has 2 aromatic rings. The van der Waals surface area contributed by atoms with Crippen molar-refractivity contribution in [1.82, 2.24) is 0 Å². The summed E-state index contributed by atoms with van der Waals surface area (Å²) in [4.78, 5) is 12.0. The molecule has 0 aliphatic carbocycles. The van der Waals surface area contributed by atoms with E-state index in [9.17, 15) is 14.3 Å². The highest BCUT2D eigenvalue weighted by Gasteiger charge is 2.17. The highest BCUT2D eigenvalue weighted by molar-refractivity contribution is 9.10. The van der Waals surface area contributed by atoms with E-state index in [0.717, 1.165) is 11.6 Å². The normalized spacial score (nSPS) is 10.4. The number of phenols is 1. The summed E-state index contributed by atoms with van der Waals surface area (Å²) in [6.07, 6.45) is 0. The van der Waals surface area contributed by atoms with Crippen LogP contribution in [0.5, 0.6) is 5.75 Å². The van der Waals surface area contributed by atoms with Gasteiger partial charge in [0.2, 0.25) is 0 Å². The van der Waals surface area contributed by atoms with Crippen LogP contribution in [-0.4, -0.2) is 11.0 Å². The standard InChI is InChI=1S/C14H10BrClFNO2/c1-7-5-8(15)11(6-9(7)16)18-14(20)13-10(17)3-2-4-12(13)19/h2-6,19H,1H3,(H,18,20). The predicted octanol–water partition coefficient (Wildman–Crippen LogP) is 4.51. The molecule has 2 rings (SSSR count). The van der Waals surface area contributed by atoms with Gasteiger partial charge >= 0.3 is 0 Å². The van der Waals surface area contributed by atoms with Crippen LogP contribution in [0.15, 0.2) is 34.8 Å². The molecule has 0 heterocycles. The molecule has 0 saturated carbocycles. The fourth-order valence-corrected chi connectivity index (χ4v) is 2.39. The number of amides is 1. The molecule has 0 aromatic heterocycles. The van der Waals surface area contributed by atoms with Gasteiger partial charge in [-0.3, -0.25) is 4.79 Å². The van der Waals surface area contributed by atoms with Crippen LogP contribution < -0.4 is 5.32 Å². The molecular weight excluding hydrogens is 349 g/mol. The minimum Gasteiger partial charge on any atom is -0.507 e. The van der Waals surface area contributed by atoms with Gasteiger partial charge in [-0.2, -0.15) is 0 Å². The van der Waals surface area contributed by atoms with E-state index in [1.54, 1.807) is 12.1 Å². The minimum atomic E-state index is -0.795. The van der Waals surface area contributed by atoms with Crippen LogP contribution in [0, 0.1) is 12.7 Å². The summed E-state index contributed by atoms with van der Waals surface area (Å²) in [5.41, 5.74) is 0.828. The van der Waals surface area contributed by atoms with Crippen LogP contribution in [0.3, 0.4) is 0 Å². The molecule has 2 aromatic carbocycles. The number of rotatable bonds is 2.